The van der Waals surface area contributed by atoms with Crippen LogP contribution in [0.2, 0.25) is 0 Å². The van der Waals surface area contributed by atoms with E-state index in [-0.39, 0.29) is 0 Å². The summed E-state index contributed by atoms with van der Waals surface area (Å²) in [7, 11) is 0. The monoisotopic (exact) mass is 256 g/mol. The number of carboxylic acids is 1. The van der Waals surface area contributed by atoms with Crippen LogP contribution in [-0.2, 0) is 4.79 Å². The predicted octanol–water partition coefficient (Wildman–Crippen LogP) is 2.40. The lowest BCUT2D eigenvalue weighted by molar-refractivity contribution is -0.139. The summed E-state index contributed by atoms with van der Waals surface area (Å²) in [4.78, 5) is 11.0. The summed E-state index contributed by atoms with van der Waals surface area (Å²) in [5.41, 5.74) is 0.762. The number of carboxylic acid groups (broad SMARTS) is 1. The Labute approximate surface area is 89.8 Å². The summed E-state index contributed by atoms with van der Waals surface area (Å²) in [6, 6.07) is 5.48. The number of para-hydroxylation sites is 1. The first-order valence-corrected chi connectivity index (χ1v) is 5.13. The molecule has 2 rings (SSSR count). The van der Waals surface area contributed by atoms with Crippen molar-refractivity contribution in [2.45, 2.75) is 12.3 Å². The van der Waals surface area contributed by atoms with Gasteiger partial charge in [0.2, 0.25) is 0 Å². The molecule has 0 saturated carbocycles. The maximum atomic E-state index is 11.0. The fraction of sp³-hybridized carbons (Fsp3) is 0.300. The Morgan fingerprint density at radius 1 is 1.57 bits per heavy atom. The number of hydrogen-bond acceptors (Lipinski definition) is 2. The van der Waals surface area contributed by atoms with Crippen molar-refractivity contribution < 1.29 is 14.6 Å². The van der Waals surface area contributed by atoms with Crippen molar-refractivity contribution in [2.24, 2.45) is 0 Å². The Morgan fingerprint density at radius 3 is 3.07 bits per heavy atom. The van der Waals surface area contributed by atoms with Crippen LogP contribution in [0.5, 0.6) is 5.75 Å². The van der Waals surface area contributed by atoms with E-state index in [2.05, 4.69) is 15.9 Å². The molecular formula is C10H9BrO3. The Bertz CT molecular complexity index is 376. The standard InChI is InChI=1S/C10H9BrO3/c11-8-3-1-2-6-7(10(12)13)4-5-14-9(6)8/h1-3,7H,4-5H2,(H,12,13)/t7-/m0/s1. The molecule has 1 aromatic carbocycles. The number of ether oxygens (including phenoxy) is 1. The molecule has 1 aromatic rings. The van der Waals surface area contributed by atoms with Crippen LogP contribution in [0.3, 0.4) is 0 Å². The highest BCUT2D eigenvalue weighted by atomic mass is 79.9. The second kappa shape index (κ2) is 3.61. The lowest BCUT2D eigenvalue weighted by atomic mass is 9.93. The molecule has 0 bridgehead atoms. The van der Waals surface area contributed by atoms with Gasteiger partial charge in [-0.25, -0.2) is 0 Å². The van der Waals surface area contributed by atoms with E-state index >= 15 is 0 Å². The zero-order valence-corrected chi connectivity index (χ0v) is 8.95. The Kier molecular flexibility index (Phi) is 2.46. The molecule has 0 spiro atoms. The van der Waals surface area contributed by atoms with E-state index in [9.17, 15) is 4.79 Å². The van der Waals surface area contributed by atoms with Gasteiger partial charge < -0.3 is 9.84 Å². The molecule has 0 radical (unpaired) electrons. The van der Waals surface area contributed by atoms with Gasteiger partial charge in [0.25, 0.3) is 0 Å². The van der Waals surface area contributed by atoms with Crippen LogP contribution in [0.4, 0.5) is 0 Å². The van der Waals surface area contributed by atoms with Crippen molar-refractivity contribution in [3.05, 3.63) is 28.2 Å². The first kappa shape index (κ1) is 9.52. The maximum Gasteiger partial charge on any atom is 0.311 e. The molecule has 0 aliphatic carbocycles. The second-order valence-corrected chi connectivity index (χ2v) is 4.04. The highest BCUT2D eigenvalue weighted by Gasteiger charge is 2.28. The molecule has 14 heavy (non-hydrogen) atoms. The number of halogens is 1. The smallest absolute Gasteiger partial charge is 0.311 e. The third-order valence-electron chi connectivity index (χ3n) is 2.32. The van der Waals surface area contributed by atoms with E-state index < -0.39 is 11.9 Å². The minimum absolute atomic E-state index is 0.434. The molecule has 0 fully saturated rings. The molecule has 0 amide bonds. The number of fused-ring (bicyclic) bond motifs is 1. The van der Waals surface area contributed by atoms with Gasteiger partial charge in [-0.1, -0.05) is 12.1 Å². The molecule has 1 heterocycles. The van der Waals surface area contributed by atoms with Gasteiger partial charge in [-0.15, -0.1) is 0 Å². The number of hydrogen-bond donors (Lipinski definition) is 1. The zero-order chi connectivity index (χ0) is 10.1. The fourth-order valence-corrected chi connectivity index (χ4v) is 2.14. The number of benzene rings is 1. The molecule has 1 atom stereocenters. The minimum Gasteiger partial charge on any atom is -0.492 e. The van der Waals surface area contributed by atoms with Crippen molar-refractivity contribution in [1.82, 2.24) is 0 Å². The van der Waals surface area contributed by atoms with Gasteiger partial charge in [-0.2, -0.15) is 0 Å². The zero-order valence-electron chi connectivity index (χ0n) is 7.37. The van der Waals surface area contributed by atoms with Crippen LogP contribution in [0.15, 0.2) is 22.7 Å². The summed E-state index contributed by atoms with van der Waals surface area (Å²) in [5.74, 6) is -0.546. The van der Waals surface area contributed by atoms with Crippen molar-refractivity contribution in [3.63, 3.8) is 0 Å². The molecule has 1 aliphatic rings. The third kappa shape index (κ3) is 1.50. The molecular weight excluding hydrogens is 248 g/mol. The van der Waals surface area contributed by atoms with Gasteiger partial charge in [-0.3, -0.25) is 4.79 Å². The van der Waals surface area contributed by atoms with E-state index in [0.717, 1.165) is 10.0 Å². The summed E-state index contributed by atoms with van der Waals surface area (Å²) < 4.78 is 6.24. The average Bonchev–Trinajstić information content (AvgIpc) is 2.17. The lowest BCUT2D eigenvalue weighted by Gasteiger charge is -2.23. The molecule has 1 N–H and O–H groups in total. The molecule has 1 aliphatic heterocycles. The minimum atomic E-state index is -0.785. The van der Waals surface area contributed by atoms with Crippen molar-refractivity contribution in [3.8, 4) is 5.75 Å². The average molecular weight is 257 g/mol. The number of carbonyl (C=O) groups is 1. The van der Waals surface area contributed by atoms with Gasteiger partial charge in [-0.05, 0) is 28.4 Å². The molecule has 0 saturated heterocycles. The maximum absolute atomic E-state index is 11.0. The van der Waals surface area contributed by atoms with Crippen molar-refractivity contribution in [2.75, 3.05) is 6.61 Å². The van der Waals surface area contributed by atoms with Crippen LogP contribution in [0, 0.1) is 0 Å². The number of aliphatic carboxylic acids is 1. The highest BCUT2D eigenvalue weighted by molar-refractivity contribution is 9.10. The predicted molar refractivity (Wildman–Crippen MR) is 54.6 cm³/mol. The summed E-state index contributed by atoms with van der Waals surface area (Å²) >= 11 is 3.34. The Hall–Kier alpha value is -1.03. The van der Waals surface area contributed by atoms with Crippen LogP contribution in [0.1, 0.15) is 17.9 Å². The van der Waals surface area contributed by atoms with Gasteiger partial charge >= 0.3 is 5.97 Å². The van der Waals surface area contributed by atoms with Crippen LogP contribution < -0.4 is 4.74 Å². The van der Waals surface area contributed by atoms with Crippen molar-refractivity contribution >= 4 is 21.9 Å². The van der Waals surface area contributed by atoms with Gasteiger partial charge in [0, 0.05) is 5.56 Å². The van der Waals surface area contributed by atoms with Gasteiger partial charge in [0.05, 0.1) is 17.0 Å². The first-order chi connectivity index (χ1) is 6.70. The van der Waals surface area contributed by atoms with E-state index in [0.29, 0.717) is 18.8 Å². The van der Waals surface area contributed by atoms with Gasteiger partial charge in [0.1, 0.15) is 5.75 Å². The van der Waals surface area contributed by atoms with E-state index in [1.165, 1.54) is 0 Å². The van der Waals surface area contributed by atoms with Gasteiger partial charge in [0.15, 0.2) is 0 Å². The van der Waals surface area contributed by atoms with E-state index in [1.54, 1.807) is 6.07 Å². The van der Waals surface area contributed by atoms with Crippen LogP contribution in [-0.4, -0.2) is 17.7 Å². The molecule has 74 valence electrons. The second-order valence-electron chi connectivity index (χ2n) is 3.19. The Balaban J connectivity index is 2.49. The summed E-state index contributed by atoms with van der Waals surface area (Å²) in [6.07, 6.45) is 0.540. The fourth-order valence-electron chi connectivity index (χ4n) is 1.64. The van der Waals surface area contributed by atoms with E-state index in [1.807, 2.05) is 12.1 Å². The largest absolute Gasteiger partial charge is 0.492 e. The molecule has 0 unspecified atom stereocenters. The topological polar surface area (TPSA) is 46.5 Å². The number of rotatable bonds is 1. The first-order valence-electron chi connectivity index (χ1n) is 4.34. The molecule has 3 nitrogen and oxygen atoms in total. The van der Waals surface area contributed by atoms with Crippen LogP contribution in [0.25, 0.3) is 0 Å². The van der Waals surface area contributed by atoms with E-state index in [4.69, 9.17) is 9.84 Å². The SMILES string of the molecule is O=C(O)[C@H]1CCOc2c(Br)cccc21. The normalized spacial score (nSPS) is 19.6. The Morgan fingerprint density at radius 2 is 2.36 bits per heavy atom. The third-order valence-corrected chi connectivity index (χ3v) is 2.95. The lowest BCUT2D eigenvalue weighted by Crippen LogP contribution is -2.20. The summed E-state index contributed by atoms with van der Waals surface area (Å²) in [5, 5.41) is 9.01. The van der Waals surface area contributed by atoms with Crippen LogP contribution >= 0.6 is 15.9 Å². The van der Waals surface area contributed by atoms with Crippen molar-refractivity contribution in [1.29, 1.82) is 0 Å². The molecule has 0 aromatic heterocycles. The highest BCUT2D eigenvalue weighted by Crippen LogP contribution is 2.38. The molecule has 4 heteroatoms. The summed E-state index contributed by atoms with van der Waals surface area (Å²) in [6.45, 7) is 0.465. The quantitative estimate of drug-likeness (QED) is 0.840.